The van der Waals surface area contributed by atoms with E-state index in [9.17, 15) is 4.79 Å². The summed E-state index contributed by atoms with van der Waals surface area (Å²) in [7, 11) is 0. The van der Waals surface area contributed by atoms with Gasteiger partial charge in [-0.15, -0.1) is 0 Å². The maximum absolute atomic E-state index is 10.6. The zero-order valence-corrected chi connectivity index (χ0v) is 7.77. The van der Waals surface area contributed by atoms with E-state index >= 15 is 0 Å². The monoisotopic (exact) mass is 190 g/mol. The first-order valence-electron chi connectivity index (χ1n) is 4.32. The van der Waals surface area contributed by atoms with Crippen LogP contribution in [0.4, 0.5) is 0 Å². The van der Waals surface area contributed by atoms with Gasteiger partial charge in [-0.3, -0.25) is 4.79 Å². The lowest BCUT2D eigenvalue weighted by Gasteiger charge is -2.02. The van der Waals surface area contributed by atoms with Gasteiger partial charge in [0.25, 0.3) is 0 Å². The molecule has 0 aliphatic heterocycles. The number of aryl methyl sites for hydroxylation is 1. The molecule has 0 spiro atoms. The van der Waals surface area contributed by atoms with Crippen LogP contribution in [0, 0.1) is 6.92 Å². The Hall–Kier alpha value is -1.84. The number of fused-ring (bicyclic) bond motifs is 1. The number of imidazole rings is 1. The predicted octanol–water partition coefficient (Wildman–Crippen LogP) is 1.27. The second-order valence-electron chi connectivity index (χ2n) is 3.18. The molecule has 4 nitrogen and oxygen atoms in total. The Bertz CT molecular complexity index is 488. The molecule has 0 aromatic carbocycles. The molecule has 0 atom stereocenters. The summed E-state index contributed by atoms with van der Waals surface area (Å²) >= 11 is 0. The summed E-state index contributed by atoms with van der Waals surface area (Å²) < 4.78 is 1.86. The first kappa shape index (κ1) is 8.74. The largest absolute Gasteiger partial charge is 0.481 e. The van der Waals surface area contributed by atoms with Gasteiger partial charge < -0.3 is 9.51 Å². The highest BCUT2D eigenvalue weighted by Crippen LogP contribution is 2.10. The SMILES string of the molecule is Cc1cccc2ncc(CC(=O)O)n12. The lowest BCUT2D eigenvalue weighted by atomic mass is 10.3. The first-order valence-corrected chi connectivity index (χ1v) is 4.32. The Labute approximate surface area is 80.8 Å². The molecular formula is C10H10N2O2. The van der Waals surface area contributed by atoms with Crippen molar-refractivity contribution in [2.45, 2.75) is 13.3 Å². The van der Waals surface area contributed by atoms with Crippen LogP contribution in [0.5, 0.6) is 0 Å². The van der Waals surface area contributed by atoms with E-state index in [1.165, 1.54) is 0 Å². The van der Waals surface area contributed by atoms with Crippen molar-refractivity contribution in [3.63, 3.8) is 0 Å². The van der Waals surface area contributed by atoms with Crippen molar-refractivity contribution in [3.8, 4) is 0 Å². The number of aliphatic carboxylic acids is 1. The molecule has 0 radical (unpaired) electrons. The van der Waals surface area contributed by atoms with E-state index in [0.717, 1.165) is 11.3 Å². The third kappa shape index (κ3) is 1.35. The fourth-order valence-electron chi connectivity index (χ4n) is 1.56. The highest BCUT2D eigenvalue weighted by molar-refractivity contribution is 5.70. The molecule has 14 heavy (non-hydrogen) atoms. The molecule has 0 amide bonds. The summed E-state index contributed by atoms with van der Waals surface area (Å²) in [5, 5.41) is 8.69. The van der Waals surface area contributed by atoms with Crippen LogP contribution in [0.1, 0.15) is 11.4 Å². The Balaban J connectivity index is 2.61. The van der Waals surface area contributed by atoms with E-state index in [1.54, 1.807) is 6.20 Å². The minimum Gasteiger partial charge on any atom is -0.481 e. The van der Waals surface area contributed by atoms with Crippen molar-refractivity contribution in [1.29, 1.82) is 0 Å². The van der Waals surface area contributed by atoms with Crippen LogP contribution in [0.15, 0.2) is 24.4 Å². The Kier molecular flexibility index (Phi) is 1.96. The zero-order chi connectivity index (χ0) is 10.1. The molecular weight excluding hydrogens is 180 g/mol. The molecule has 0 bridgehead atoms. The quantitative estimate of drug-likeness (QED) is 0.775. The van der Waals surface area contributed by atoms with E-state index in [0.29, 0.717) is 5.69 Å². The fraction of sp³-hybridized carbons (Fsp3) is 0.200. The predicted molar refractivity (Wildman–Crippen MR) is 51.3 cm³/mol. The summed E-state index contributed by atoms with van der Waals surface area (Å²) in [6, 6.07) is 5.70. The summed E-state index contributed by atoms with van der Waals surface area (Å²) in [6.07, 6.45) is 1.61. The third-order valence-corrected chi connectivity index (χ3v) is 2.13. The maximum Gasteiger partial charge on any atom is 0.309 e. The second kappa shape index (κ2) is 3.14. The van der Waals surface area contributed by atoms with Crippen molar-refractivity contribution >= 4 is 11.6 Å². The molecule has 0 fully saturated rings. The van der Waals surface area contributed by atoms with Crippen LogP contribution in [0.2, 0.25) is 0 Å². The van der Waals surface area contributed by atoms with Crippen molar-refractivity contribution < 1.29 is 9.90 Å². The third-order valence-electron chi connectivity index (χ3n) is 2.13. The van der Waals surface area contributed by atoms with Gasteiger partial charge in [0.1, 0.15) is 5.65 Å². The second-order valence-corrected chi connectivity index (χ2v) is 3.18. The number of carbonyl (C=O) groups is 1. The minimum atomic E-state index is -0.838. The number of rotatable bonds is 2. The lowest BCUT2D eigenvalue weighted by Crippen LogP contribution is -2.04. The van der Waals surface area contributed by atoms with Gasteiger partial charge in [0, 0.05) is 11.9 Å². The van der Waals surface area contributed by atoms with Crippen molar-refractivity contribution in [2.24, 2.45) is 0 Å². The zero-order valence-electron chi connectivity index (χ0n) is 7.77. The molecule has 0 aliphatic rings. The number of carboxylic acids is 1. The number of aromatic nitrogens is 2. The highest BCUT2D eigenvalue weighted by atomic mass is 16.4. The molecule has 72 valence electrons. The first-order chi connectivity index (χ1) is 6.68. The van der Waals surface area contributed by atoms with Crippen LogP contribution in [-0.2, 0) is 11.2 Å². The van der Waals surface area contributed by atoms with E-state index in [1.807, 2.05) is 29.5 Å². The lowest BCUT2D eigenvalue weighted by molar-refractivity contribution is -0.136. The Morgan fingerprint density at radius 1 is 1.57 bits per heavy atom. The van der Waals surface area contributed by atoms with Gasteiger partial charge in [0.2, 0.25) is 0 Å². The van der Waals surface area contributed by atoms with Crippen LogP contribution >= 0.6 is 0 Å². The van der Waals surface area contributed by atoms with Crippen LogP contribution in [0.3, 0.4) is 0 Å². The normalized spacial score (nSPS) is 10.6. The summed E-state index contributed by atoms with van der Waals surface area (Å²) in [6.45, 7) is 1.93. The van der Waals surface area contributed by atoms with Gasteiger partial charge in [-0.1, -0.05) is 6.07 Å². The average molecular weight is 190 g/mol. The van der Waals surface area contributed by atoms with Gasteiger partial charge in [0.15, 0.2) is 0 Å². The maximum atomic E-state index is 10.6. The number of nitrogens with zero attached hydrogens (tertiary/aromatic N) is 2. The van der Waals surface area contributed by atoms with Crippen molar-refractivity contribution in [1.82, 2.24) is 9.38 Å². The molecule has 2 aromatic rings. The fourth-order valence-corrected chi connectivity index (χ4v) is 1.56. The van der Waals surface area contributed by atoms with Crippen LogP contribution in [-0.4, -0.2) is 20.5 Å². The summed E-state index contributed by atoms with van der Waals surface area (Å²) in [5.41, 5.74) is 2.50. The summed E-state index contributed by atoms with van der Waals surface area (Å²) in [4.78, 5) is 14.7. The van der Waals surface area contributed by atoms with E-state index in [-0.39, 0.29) is 6.42 Å². The average Bonchev–Trinajstić information content (AvgIpc) is 2.49. The molecule has 0 saturated carbocycles. The van der Waals surface area contributed by atoms with Gasteiger partial charge in [-0.05, 0) is 19.1 Å². The van der Waals surface area contributed by atoms with Crippen LogP contribution < -0.4 is 0 Å². The van der Waals surface area contributed by atoms with Crippen molar-refractivity contribution in [3.05, 3.63) is 35.8 Å². The number of hydrogen-bond donors (Lipinski definition) is 1. The van der Waals surface area contributed by atoms with Crippen LogP contribution in [0.25, 0.3) is 5.65 Å². The summed E-state index contributed by atoms with van der Waals surface area (Å²) in [5.74, 6) is -0.838. The van der Waals surface area contributed by atoms with Gasteiger partial charge in [-0.25, -0.2) is 4.98 Å². The Morgan fingerprint density at radius 2 is 2.36 bits per heavy atom. The molecule has 4 heteroatoms. The van der Waals surface area contributed by atoms with Crippen molar-refractivity contribution in [2.75, 3.05) is 0 Å². The number of pyridine rings is 1. The molecule has 1 N–H and O–H groups in total. The van der Waals surface area contributed by atoms with Gasteiger partial charge in [-0.2, -0.15) is 0 Å². The standard InChI is InChI=1S/C10H10N2O2/c1-7-3-2-4-9-11-6-8(12(7)9)5-10(13)14/h2-4,6H,5H2,1H3,(H,13,14). The molecule has 0 unspecified atom stereocenters. The van der Waals surface area contributed by atoms with E-state index < -0.39 is 5.97 Å². The van der Waals surface area contributed by atoms with Gasteiger partial charge in [0.05, 0.1) is 12.1 Å². The van der Waals surface area contributed by atoms with E-state index in [4.69, 9.17) is 5.11 Å². The molecule has 2 aromatic heterocycles. The highest BCUT2D eigenvalue weighted by Gasteiger charge is 2.07. The van der Waals surface area contributed by atoms with E-state index in [2.05, 4.69) is 4.98 Å². The Morgan fingerprint density at radius 3 is 3.07 bits per heavy atom. The van der Waals surface area contributed by atoms with Gasteiger partial charge >= 0.3 is 5.97 Å². The molecule has 2 rings (SSSR count). The molecule has 0 aliphatic carbocycles. The smallest absolute Gasteiger partial charge is 0.309 e. The minimum absolute atomic E-state index is 0.00597. The molecule has 0 saturated heterocycles. The number of hydrogen-bond acceptors (Lipinski definition) is 2. The number of carboxylic acid groups (broad SMARTS) is 1. The molecule has 2 heterocycles. The topological polar surface area (TPSA) is 54.6 Å².